The Morgan fingerprint density at radius 2 is 1.90 bits per heavy atom. The Balaban J connectivity index is 2.98. The maximum Gasteiger partial charge on any atom is 0.304 e. The molecule has 1 aromatic carbocycles. The van der Waals surface area contributed by atoms with Crippen molar-refractivity contribution >= 4 is 17.3 Å². The average Bonchev–Trinajstić information content (AvgIpc) is 2.26. The molecule has 0 heterocycles. The first-order valence-corrected chi connectivity index (χ1v) is 6.01. The number of carbonyl (C=O) groups excluding carboxylic acids is 1. The van der Waals surface area contributed by atoms with E-state index in [2.05, 4.69) is 5.32 Å². The molecule has 0 radical (unpaired) electrons. The molecule has 0 saturated carbocycles. The normalized spacial score (nSPS) is 12.1. The molecule has 0 fully saturated rings. The van der Waals surface area contributed by atoms with Crippen LogP contribution in [0.5, 0.6) is 0 Å². The van der Waals surface area contributed by atoms with Gasteiger partial charge in [0.15, 0.2) is 0 Å². The van der Waals surface area contributed by atoms with Gasteiger partial charge in [-0.2, -0.15) is 4.39 Å². The van der Waals surface area contributed by atoms with Crippen molar-refractivity contribution in [3.63, 3.8) is 0 Å². The van der Waals surface area contributed by atoms with Gasteiger partial charge in [0.1, 0.15) is 0 Å². The molecule has 3 N–H and O–H groups in total. The van der Waals surface area contributed by atoms with Crippen LogP contribution in [-0.4, -0.2) is 16.4 Å². The quantitative estimate of drug-likeness (QED) is 0.655. The summed E-state index contributed by atoms with van der Waals surface area (Å²) < 4.78 is 13.5. The van der Waals surface area contributed by atoms with Crippen LogP contribution in [0.1, 0.15) is 27.7 Å². The Morgan fingerprint density at radius 3 is 2.30 bits per heavy atom. The molecule has 0 bridgehead atoms. The van der Waals surface area contributed by atoms with Crippen molar-refractivity contribution in [2.75, 3.05) is 5.32 Å². The van der Waals surface area contributed by atoms with Gasteiger partial charge in [-0.05, 0) is 33.8 Å². The van der Waals surface area contributed by atoms with Gasteiger partial charge in [-0.25, -0.2) is 0 Å². The molecule has 1 amide bonds. The fraction of sp³-hybridized carbons (Fsp3) is 0.462. The van der Waals surface area contributed by atoms with Crippen LogP contribution in [0.3, 0.4) is 0 Å². The number of halogens is 1. The lowest BCUT2D eigenvalue weighted by Gasteiger charge is -2.36. The van der Waals surface area contributed by atoms with E-state index >= 15 is 0 Å². The first-order chi connectivity index (χ1) is 8.96. The van der Waals surface area contributed by atoms with E-state index in [-0.39, 0.29) is 5.69 Å². The number of nitrogens with two attached hydrogens (primary N) is 1. The Labute approximate surface area is 116 Å². The highest BCUT2D eigenvalue weighted by Gasteiger charge is 2.40. The highest BCUT2D eigenvalue weighted by Crippen LogP contribution is 2.30. The number of benzene rings is 1. The first kappa shape index (κ1) is 16.0. The van der Waals surface area contributed by atoms with Gasteiger partial charge in [-0.3, -0.25) is 14.9 Å². The molecule has 110 valence electrons. The lowest BCUT2D eigenvalue weighted by molar-refractivity contribution is -0.387. The zero-order valence-electron chi connectivity index (χ0n) is 11.9. The molecule has 0 atom stereocenters. The zero-order chi connectivity index (χ0) is 15.7. The van der Waals surface area contributed by atoms with Crippen LogP contribution in [0, 0.1) is 21.3 Å². The standard InChI is InChI=1S/C13H18FN3O3/c1-12(2,13(3,4)15)11(18)16-8-5-6-10(17(19)20)9(14)7-8/h5-7H,15H2,1-4H3,(H,16,18). The van der Waals surface area contributed by atoms with Gasteiger partial charge in [-0.1, -0.05) is 0 Å². The minimum absolute atomic E-state index is 0.149. The summed E-state index contributed by atoms with van der Waals surface area (Å²) in [5.41, 5.74) is 3.77. The Hall–Kier alpha value is -2.02. The van der Waals surface area contributed by atoms with Crippen molar-refractivity contribution in [1.82, 2.24) is 0 Å². The number of anilines is 1. The van der Waals surface area contributed by atoms with E-state index in [9.17, 15) is 19.3 Å². The molecular formula is C13H18FN3O3. The number of nitrogens with zero attached hydrogens (tertiary/aromatic N) is 1. The number of amides is 1. The van der Waals surface area contributed by atoms with Gasteiger partial charge in [0.05, 0.1) is 10.3 Å². The van der Waals surface area contributed by atoms with E-state index in [0.717, 1.165) is 12.1 Å². The maximum absolute atomic E-state index is 13.5. The van der Waals surface area contributed by atoms with Gasteiger partial charge in [0, 0.05) is 23.4 Å². The van der Waals surface area contributed by atoms with Crippen LogP contribution in [0.4, 0.5) is 15.8 Å². The van der Waals surface area contributed by atoms with E-state index in [1.54, 1.807) is 27.7 Å². The second-order valence-corrected chi connectivity index (χ2v) is 5.72. The largest absolute Gasteiger partial charge is 0.325 e. The Morgan fingerprint density at radius 1 is 1.35 bits per heavy atom. The predicted molar refractivity (Wildman–Crippen MR) is 73.7 cm³/mol. The van der Waals surface area contributed by atoms with E-state index < -0.39 is 33.3 Å². The van der Waals surface area contributed by atoms with Crippen LogP contribution in [0.15, 0.2) is 18.2 Å². The lowest BCUT2D eigenvalue weighted by atomic mass is 9.74. The second-order valence-electron chi connectivity index (χ2n) is 5.72. The van der Waals surface area contributed by atoms with Crippen LogP contribution in [-0.2, 0) is 4.79 Å². The first-order valence-electron chi connectivity index (χ1n) is 6.01. The van der Waals surface area contributed by atoms with Crippen LogP contribution >= 0.6 is 0 Å². The highest BCUT2D eigenvalue weighted by atomic mass is 19.1. The molecule has 1 aromatic rings. The minimum Gasteiger partial charge on any atom is -0.325 e. The van der Waals surface area contributed by atoms with Crippen molar-refractivity contribution in [3.8, 4) is 0 Å². The molecular weight excluding hydrogens is 265 g/mol. The SMILES string of the molecule is CC(C)(N)C(C)(C)C(=O)Nc1ccc([N+](=O)[O-])c(F)c1. The Kier molecular flexibility index (Phi) is 4.14. The van der Waals surface area contributed by atoms with Crippen molar-refractivity contribution in [1.29, 1.82) is 0 Å². The summed E-state index contributed by atoms with van der Waals surface area (Å²) in [7, 11) is 0. The summed E-state index contributed by atoms with van der Waals surface area (Å²) in [6, 6.07) is 3.19. The second kappa shape index (κ2) is 5.16. The molecule has 0 aliphatic carbocycles. The van der Waals surface area contributed by atoms with Gasteiger partial charge in [0.2, 0.25) is 11.7 Å². The summed E-state index contributed by atoms with van der Waals surface area (Å²) >= 11 is 0. The van der Waals surface area contributed by atoms with E-state index in [1.165, 1.54) is 6.07 Å². The van der Waals surface area contributed by atoms with E-state index in [4.69, 9.17) is 5.73 Å². The highest BCUT2D eigenvalue weighted by molar-refractivity contribution is 5.95. The van der Waals surface area contributed by atoms with Gasteiger partial charge in [-0.15, -0.1) is 0 Å². The lowest BCUT2D eigenvalue weighted by Crippen LogP contribution is -2.53. The van der Waals surface area contributed by atoms with Gasteiger partial charge >= 0.3 is 5.69 Å². The number of hydrogen-bond acceptors (Lipinski definition) is 4. The van der Waals surface area contributed by atoms with Crippen molar-refractivity contribution in [3.05, 3.63) is 34.1 Å². The monoisotopic (exact) mass is 283 g/mol. The number of nitro groups is 1. The third kappa shape index (κ3) is 3.11. The van der Waals surface area contributed by atoms with Crippen molar-refractivity contribution in [2.24, 2.45) is 11.1 Å². The topological polar surface area (TPSA) is 98.3 Å². The van der Waals surface area contributed by atoms with E-state index in [1.807, 2.05) is 0 Å². The molecule has 0 aliphatic rings. The van der Waals surface area contributed by atoms with E-state index in [0.29, 0.717) is 0 Å². The molecule has 20 heavy (non-hydrogen) atoms. The molecule has 7 heteroatoms. The summed E-state index contributed by atoms with van der Waals surface area (Å²) in [5, 5.41) is 13.0. The molecule has 0 spiro atoms. The summed E-state index contributed by atoms with van der Waals surface area (Å²) in [4.78, 5) is 21.8. The molecule has 0 saturated heterocycles. The minimum atomic E-state index is -1.00. The molecule has 0 aromatic heterocycles. The fourth-order valence-electron chi connectivity index (χ4n) is 1.31. The van der Waals surface area contributed by atoms with Crippen molar-refractivity contribution in [2.45, 2.75) is 33.2 Å². The number of nitrogens with one attached hydrogen (secondary N) is 1. The van der Waals surface area contributed by atoms with Crippen LogP contribution in [0.2, 0.25) is 0 Å². The fourth-order valence-corrected chi connectivity index (χ4v) is 1.31. The molecule has 6 nitrogen and oxygen atoms in total. The predicted octanol–water partition coefficient (Wildman–Crippen LogP) is 2.44. The zero-order valence-corrected chi connectivity index (χ0v) is 11.9. The molecule has 1 rings (SSSR count). The maximum atomic E-state index is 13.5. The average molecular weight is 283 g/mol. The number of hydrogen-bond donors (Lipinski definition) is 2. The third-order valence-electron chi connectivity index (χ3n) is 3.58. The number of rotatable bonds is 4. The molecule has 0 aliphatic heterocycles. The third-order valence-corrected chi connectivity index (χ3v) is 3.58. The summed E-state index contributed by atoms with van der Waals surface area (Å²) in [5.74, 6) is -1.39. The smallest absolute Gasteiger partial charge is 0.304 e. The summed E-state index contributed by atoms with van der Waals surface area (Å²) in [6.07, 6.45) is 0. The van der Waals surface area contributed by atoms with Crippen LogP contribution in [0.25, 0.3) is 0 Å². The van der Waals surface area contributed by atoms with Gasteiger partial charge < -0.3 is 11.1 Å². The number of nitro benzene ring substituents is 1. The molecule has 0 unspecified atom stereocenters. The van der Waals surface area contributed by atoms with Gasteiger partial charge in [0.25, 0.3) is 0 Å². The van der Waals surface area contributed by atoms with Crippen LogP contribution < -0.4 is 11.1 Å². The summed E-state index contributed by atoms with van der Waals surface area (Å²) in [6.45, 7) is 6.76. The van der Waals surface area contributed by atoms with Crippen molar-refractivity contribution < 1.29 is 14.1 Å². The Bertz CT molecular complexity index is 550. The number of carbonyl (C=O) groups is 1.